The van der Waals surface area contributed by atoms with Crippen LogP contribution in [0.4, 0.5) is 0 Å². The highest BCUT2D eigenvalue weighted by Crippen LogP contribution is 2.63. The van der Waals surface area contributed by atoms with Crippen LogP contribution < -0.4 is 0 Å². The molecule has 0 aromatic carbocycles. The molecular formula is C28H47NO3. The van der Waals surface area contributed by atoms with Crippen LogP contribution in [-0.4, -0.2) is 56.7 Å². The third-order valence-electron chi connectivity index (χ3n) is 10.4. The number of hydrogen-bond donors (Lipinski definition) is 0. The SMILES string of the molecule is C=C1CCC2C(C)(CCC3O[C@H](C4CCCC4)OC[C@]32C)C1CCOC1CCN(C)CC1. The first-order valence-corrected chi connectivity index (χ1v) is 13.6. The summed E-state index contributed by atoms with van der Waals surface area (Å²) < 4.78 is 19.6. The molecule has 3 saturated carbocycles. The predicted molar refractivity (Wildman–Crippen MR) is 128 cm³/mol. The van der Waals surface area contributed by atoms with Crippen LogP contribution in [0.5, 0.6) is 0 Å². The molecule has 0 spiro atoms. The van der Waals surface area contributed by atoms with Crippen molar-refractivity contribution in [2.75, 3.05) is 33.4 Å². The fourth-order valence-corrected chi connectivity index (χ4v) is 8.37. The first-order valence-electron chi connectivity index (χ1n) is 13.6. The third kappa shape index (κ3) is 4.23. The van der Waals surface area contributed by atoms with Gasteiger partial charge in [0.1, 0.15) is 0 Å². The fraction of sp³-hybridized carbons (Fsp3) is 0.929. The Bertz CT molecular complexity index is 668. The van der Waals surface area contributed by atoms with Crippen LogP contribution in [0.25, 0.3) is 0 Å². The number of piperidine rings is 1. The summed E-state index contributed by atoms with van der Waals surface area (Å²) >= 11 is 0. The van der Waals surface area contributed by atoms with Crippen molar-refractivity contribution in [3.8, 4) is 0 Å². The van der Waals surface area contributed by atoms with Gasteiger partial charge < -0.3 is 19.1 Å². The van der Waals surface area contributed by atoms with Crippen LogP contribution in [-0.2, 0) is 14.2 Å². The van der Waals surface area contributed by atoms with Crippen LogP contribution in [0.1, 0.15) is 84.5 Å². The largest absolute Gasteiger partial charge is 0.378 e. The molecule has 0 bridgehead atoms. The van der Waals surface area contributed by atoms with E-state index in [9.17, 15) is 0 Å². The van der Waals surface area contributed by atoms with Gasteiger partial charge in [-0.2, -0.15) is 0 Å². The van der Waals surface area contributed by atoms with Crippen LogP contribution in [0, 0.1) is 28.6 Å². The molecule has 5 rings (SSSR count). The summed E-state index contributed by atoms with van der Waals surface area (Å²) in [5.41, 5.74) is 1.90. The van der Waals surface area contributed by atoms with E-state index in [0.29, 0.717) is 35.4 Å². The minimum Gasteiger partial charge on any atom is -0.378 e. The van der Waals surface area contributed by atoms with E-state index in [1.165, 1.54) is 76.5 Å². The van der Waals surface area contributed by atoms with E-state index >= 15 is 0 Å². The maximum atomic E-state index is 6.73. The lowest BCUT2D eigenvalue weighted by Crippen LogP contribution is -2.62. The Hall–Kier alpha value is -0.420. The smallest absolute Gasteiger partial charge is 0.160 e. The van der Waals surface area contributed by atoms with Crippen molar-refractivity contribution >= 4 is 0 Å². The minimum atomic E-state index is 0.0530. The standard InChI is InChI=1S/C28H47NO3/c1-20-9-10-24-27(2,23(20)14-18-30-22-12-16-29(4)17-13-22)15-11-25-28(24,3)19-31-26(32-25)21-7-5-6-8-21/h21-26H,1,5-19H2,2-4H3/t23?,24?,25?,26-,27?,28+/m1/s1. The van der Waals surface area contributed by atoms with Crippen LogP contribution in [0.15, 0.2) is 12.2 Å². The normalized spacial score (nSPS) is 44.4. The summed E-state index contributed by atoms with van der Waals surface area (Å²) in [6.45, 7) is 13.7. The molecule has 0 amide bonds. The van der Waals surface area contributed by atoms with Gasteiger partial charge >= 0.3 is 0 Å². The number of fused-ring (bicyclic) bond motifs is 3. The number of likely N-dealkylation sites (tertiary alicyclic amines) is 1. The zero-order valence-electron chi connectivity index (χ0n) is 20.9. The molecule has 4 heteroatoms. The Labute approximate surface area is 196 Å². The summed E-state index contributed by atoms with van der Waals surface area (Å²) in [6.07, 6.45) is 14.5. The molecule has 6 atom stereocenters. The minimum absolute atomic E-state index is 0.0530. The van der Waals surface area contributed by atoms with E-state index in [1.807, 2.05) is 0 Å². The van der Waals surface area contributed by atoms with Crippen molar-refractivity contribution in [1.29, 1.82) is 0 Å². The second-order valence-electron chi connectivity index (χ2n) is 12.4. The second kappa shape index (κ2) is 9.32. The van der Waals surface area contributed by atoms with Gasteiger partial charge in [-0.3, -0.25) is 0 Å². The molecule has 3 aliphatic carbocycles. The second-order valence-corrected chi connectivity index (χ2v) is 12.4. The van der Waals surface area contributed by atoms with Crippen molar-refractivity contribution in [3.63, 3.8) is 0 Å². The van der Waals surface area contributed by atoms with E-state index < -0.39 is 0 Å². The van der Waals surface area contributed by atoms with E-state index in [0.717, 1.165) is 26.1 Å². The average Bonchev–Trinajstić information content (AvgIpc) is 3.31. The fourth-order valence-electron chi connectivity index (χ4n) is 8.37. The number of nitrogens with zero attached hydrogens (tertiary/aromatic N) is 1. The summed E-state index contributed by atoms with van der Waals surface area (Å²) in [5.74, 6) is 1.85. The van der Waals surface area contributed by atoms with Crippen molar-refractivity contribution in [3.05, 3.63) is 12.2 Å². The number of hydrogen-bond acceptors (Lipinski definition) is 4. The molecule has 2 heterocycles. The molecule has 5 aliphatic rings. The zero-order valence-corrected chi connectivity index (χ0v) is 20.9. The lowest BCUT2D eigenvalue weighted by atomic mass is 9.46. The first-order chi connectivity index (χ1) is 15.4. The van der Waals surface area contributed by atoms with Gasteiger partial charge in [0.2, 0.25) is 0 Å². The number of allylic oxidation sites excluding steroid dienone is 1. The summed E-state index contributed by atoms with van der Waals surface area (Å²) in [7, 11) is 2.22. The molecular weight excluding hydrogens is 398 g/mol. The van der Waals surface area contributed by atoms with Gasteiger partial charge in [0.25, 0.3) is 0 Å². The van der Waals surface area contributed by atoms with Gasteiger partial charge in [-0.05, 0) is 82.1 Å². The Morgan fingerprint density at radius 3 is 2.53 bits per heavy atom. The molecule has 0 radical (unpaired) electrons. The average molecular weight is 446 g/mol. The van der Waals surface area contributed by atoms with Gasteiger partial charge in [-0.1, -0.05) is 38.8 Å². The van der Waals surface area contributed by atoms with Crippen LogP contribution in [0.3, 0.4) is 0 Å². The number of ether oxygens (including phenoxy) is 3. The molecule has 32 heavy (non-hydrogen) atoms. The quantitative estimate of drug-likeness (QED) is 0.500. The Balaban J connectivity index is 1.23. The Morgan fingerprint density at radius 1 is 1.03 bits per heavy atom. The highest BCUT2D eigenvalue weighted by Gasteiger charge is 2.60. The van der Waals surface area contributed by atoms with Gasteiger partial charge in [-0.25, -0.2) is 0 Å². The topological polar surface area (TPSA) is 30.9 Å². The van der Waals surface area contributed by atoms with E-state index in [1.54, 1.807) is 0 Å². The Kier molecular flexibility index (Phi) is 6.79. The third-order valence-corrected chi connectivity index (χ3v) is 10.4. The van der Waals surface area contributed by atoms with E-state index in [-0.39, 0.29) is 11.7 Å². The van der Waals surface area contributed by atoms with Crippen LogP contribution >= 0.6 is 0 Å². The maximum Gasteiger partial charge on any atom is 0.160 e. The molecule has 0 N–H and O–H groups in total. The molecule has 2 aliphatic heterocycles. The molecule has 4 unspecified atom stereocenters. The highest BCUT2D eigenvalue weighted by molar-refractivity contribution is 5.18. The van der Waals surface area contributed by atoms with Gasteiger partial charge in [0, 0.05) is 31.0 Å². The summed E-state index contributed by atoms with van der Waals surface area (Å²) in [4.78, 5) is 2.42. The van der Waals surface area contributed by atoms with Gasteiger partial charge in [0.05, 0.1) is 18.8 Å². The van der Waals surface area contributed by atoms with Crippen molar-refractivity contribution in [2.24, 2.45) is 28.6 Å². The first kappa shape index (κ1) is 23.3. The predicted octanol–water partition coefficient (Wildman–Crippen LogP) is 5.81. The lowest BCUT2D eigenvalue weighted by Gasteiger charge is -2.63. The molecule has 2 saturated heterocycles. The lowest BCUT2D eigenvalue weighted by molar-refractivity contribution is -0.316. The van der Waals surface area contributed by atoms with Crippen LogP contribution in [0.2, 0.25) is 0 Å². The van der Waals surface area contributed by atoms with Crippen molar-refractivity contribution in [1.82, 2.24) is 4.90 Å². The van der Waals surface area contributed by atoms with Crippen molar-refractivity contribution < 1.29 is 14.2 Å². The molecule has 0 aromatic heterocycles. The zero-order chi connectivity index (χ0) is 22.3. The highest BCUT2D eigenvalue weighted by atomic mass is 16.7. The molecule has 4 nitrogen and oxygen atoms in total. The number of rotatable bonds is 5. The molecule has 182 valence electrons. The molecule has 0 aromatic rings. The summed E-state index contributed by atoms with van der Waals surface area (Å²) in [6, 6.07) is 0. The maximum absolute atomic E-state index is 6.73. The van der Waals surface area contributed by atoms with E-state index in [2.05, 4.69) is 32.4 Å². The monoisotopic (exact) mass is 445 g/mol. The van der Waals surface area contributed by atoms with Crippen molar-refractivity contribution in [2.45, 2.75) is 103 Å². The summed E-state index contributed by atoms with van der Waals surface area (Å²) in [5, 5.41) is 0. The van der Waals surface area contributed by atoms with E-state index in [4.69, 9.17) is 14.2 Å². The Morgan fingerprint density at radius 2 is 1.78 bits per heavy atom. The van der Waals surface area contributed by atoms with Gasteiger partial charge in [-0.15, -0.1) is 0 Å². The van der Waals surface area contributed by atoms with Gasteiger partial charge in [0.15, 0.2) is 6.29 Å². The molecule has 5 fully saturated rings.